The number of guanidine groups is 1. The summed E-state index contributed by atoms with van der Waals surface area (Å²) in [6, 6.07) is 11.1. The third kappa shape index (κ3) is 6.15. The molecule has 0 bridgehead atoms. The van der Waals surface area contributed by atoms with Crippen molar-refractivity contribution in [3.05, 3.63) is 65.6 Å². The first-order valence-electron chi connectivity index (χ1n) is 8.68. The van der Waals surface area contributed by atoms with Crippen LogP contribution in [-0.4, -0.2) is 33.0 Å². The summed E-state index contributed by atoms with van der Waals surface area (Å²) < 4.78 is 35.8. The van der Waals surface area contributed by atoms with Crippen molar-refractivity contribution in [2.24, 2.45) is 10.1 Å². The molecule has 0 amide bonds. The Balaban J connectivity index is 0.00000300. The van der Waals surface area contributed by atoms with Crippen molar-refractivity contribution in [1.29, 1.82) is 0 Å². The molecule has 0 unspecified atom stereocenters. The molecule has 0 aliphatic rings. The van der Waals surface area contributed by atoms with Gasteiger partial charge in [0.15, 0.2) is 5.96 Å². The number of aromatic nitrogens is 1. The molecular formula is C19H23FIN5O2S. The van der Waals surface area contributed by atoms with Gasteiger partial charge in [0, 0.05) is 37.2 Å². The van der Waals surface area contributed by atoms with Gasteiger partial charge in [-0.2, -0.15) is 0 Å². The zero-order chi connectivity index (χ0) is 20.1. The lowest BCUT2D eigenvalue weighted by molar-refractivity contribution is 0.597. The quantitative estimate of drug-likeness (QED) is 0.223. The average molecular weight is 531 g/mol. The summed E-state index contributed by atoms with van der Waals surface area (Å²) in [6.45, 7) is 1.13. The lowest BCUT2D eigenvalue weighted by Crippen LogP contribution is -2.37. The molecule has 1 aromatic heterocycles. The number of sulfonamides is 1. The van der Waals surface area contributed by atoms with Crippen molar-refractivity contribution in [3.63, 3.8) is 0 Å². The van der Waals surface area contributed by atoms with Gasteiger partial charge in [0.25, 0.3) is 0 Å². The molecule has 156 valence electrons. The van der Waals surface area contributed by atoms with Gasteiger partial charge < -0.3 is 15.6 Å². The Morgan fingerprint density at radius 3 is 2.55 bits per heavy atom. The Hall–Kier alpha value is -2.18. The number of nitrogens with two attached hydrogens (primary N) is 1. The van der Waals surface area contributed by atoms with Crippen LogP contribution in [0.2, 0.25) is 0 Å². The Morgan fingerprint density at radius 1 is 1.17 bits per heavy atom. The maximum absolute atomic E-state index is 13.3. The van der Waals surface area contributed by atoms with E-state index >= 15 is 0 Å². The van der Waals surface area contributed by atoms with Gasteiger partial charge in [0.1, 0.15) is 5.82 Å². The van der Waals surface area contributed by atoms with Crippen LogP contribution in [0.5, 0.6) is 0 Å². The number of H-pyrrole nitrogens is 1. The van der Waals surface area contributed by atoms with Crippen LogP contribution in [0.25, 0.3) is 10.9 Å². The molecule has 10 heteroatoms. The van der Waals surface area contributed by atoms with Crippen LogP contribution in [0.3, 0.4) is 0 Å². The van der Waals surface area contributed by atoms with Crippen LogP contribution in [-0.2, 0) is 23.0 Å². The van der Waals surface area contributed by atoms with Crippen molar-refractivity contribution < 1.29 is 12.8 Å². The third-order valence-electron chi connectivity index (χ3n) is 4.35. The van der Waals surface area contributed by atoms with Gasteiger partial charge >= 0.3 is 0 Å². The molecule has 2 aromatic carbocycles. The Bertz CT molecular complexity index is 1100. The fourth-order valence-corrected chi connectivity index (χ4v) is 3.40. The van der Waals surface area contributed by atoms with E-state index in [0.29, 0.717) is 19.0 Å². The summed E-state index contributed by atoms with van der Waals surface area (Å²) in [5.41, 5.74) is 2.77. The van der Waals surface area contributed by atoms with Crippen LogP contribution in [0.15, 0.2) is 58.5 Å². The highest BCUT2D eigenvalue weighted by Gasteiger charge is 2.07. The minimum atomic E-state index is -3.69. The zero-order valence-electron chi connectivity index (χ0n) is 15.8. The largest absolute Gasteiger partial charge is 0.361 e. The van der Waals surface area contributed by atoms with E-state index in [4.69, 9.17) is 5.14 Å². The third-order valence-corrected chi connectivity index (χ3v) is 5.28. The molecule has 0 aliphatic heterocycles. The summed E-state index contributed by atoms with van der Waals surface area (Å²) >= 11 is 0. The van der Waals surface area contributed by atoms with Gasteiger partial charge in [-0.25, -0.2) is 17.9 Å². The van der Waals surface area contributed by atoms with E-state index in [2.05, 4.69) is 20.6 Å². The Morgan fingerprint density at radius 2 is 1.90 bits per heavy atom. The van der Waals surface area contributed by atoms with Crippen LogP contribution in [0, 0.1) is 5.82 Å². The van der Waals surface area contributed by atoms with Crippen LogP contribution in [0.4, 0.5) is 4.39 Å². The maximum Gasteiger partial charge on any atom is 0.238 e. The summed E-state index contributed by atoms with van der Waals surface area (Å²) in [5, 5.41) is 12.5. The van der Waals surface area contributed by atoms with E-state index < -0.39 is 10.0 Å². The van der Waals surface area contributed by atoms with Crippen molar-refractivity contribution in [2.75, 3.05) is 13.6 Å². The molecule has 5 N–H and O–H groups in total. The SMILES string of the molecule is CN=C(NCCc1c[nH]c2cc(F)ccc12)NCc1ccc(S(N)(=O)=O)cc1.I. The average Bonchev–Trinajstić information content (AvgIpc) is 3.06. The summed E-state index contributed by atoms with van der Waals surface area (Å²) in [6.07, 6.45) is 2.63. The van der Waals surface area contributed by atoms with Crippen LogP contribution >= 0.6 is 24.0 Å². The first-order valence-corrected chi connectivity index (χ1v) is 10.2. The van der Waals surface area contributed by atoms with Crippen LogP contribution < -0.4 is 15.8 Å². The molecule has 0 spiro atoms. The van der Waals surface area contributed by atoms with Gasteiger partial charge in [-0.1, -0.05) is 12.1 Å². The molecule has 0 fully saturated rings. The predicted octanol–water partition coefficient (Wildman–Crippen LogP) is 2.48. The van der Waals surface area contributed by atoms with Crippen LogP contribution in [0.1, 0.15) is 11.1 Å². The molecule has 0 saturated heterocycles. The molecular weight excluding hydrogens is 508 g/mol. The molecule has 29 heavy (non-hydrogen) atoms. The smallest absolute Gasteiger partial charge is 0.238 e. The van der Waals surface area contributed by atoms with Gasteiger partial charge in [-0.15, -0.1) is 24.0 Å². The second kappa shape index (κ2) is 10.0. The molecule has 1 heterocycles. The first-order chi connectivity index (χ1) is 13.4. The monoisotopic (exact) mass is 531 g/mol. The van der Waals surface area contributed by atoms with Crippen molar-refractivity contribution in [1.82, 2.24) is 15.6 Å². The van der Waals surface area contributed by atoms with E-state index in [0.717, 1.165) is 28.5 Å². The number of benzene rings is 2. The lowest BCUT2D eigenvalue weighted by atomic mass is 10.1. The minimum absolute atomic E-state index is 0. The number of hydrogen-bond acceptors (Lipinski definition) is 3. The number of aromatic amines is 1. The molecule has 7 nitrogen and oxygen atoms in total. The minimum Gasteiger partial charge on any atom is -0.361 e. The fourth-order valence-electron chi connectivity index (χ4n) is 2.88. The standard InChI is InChI=1S/C19H22FN5O2S.HI/c1-22-19(25-11-13-2-5-16(6-3-13)28(21,26)27)23-9-8-14-12-24-18-10-15(20)4-7-17(14)18;/h2-7,10,12,24H,8-9,11H2,1H3,(H2,21,26,27)(H2,22,23,25);1H. The Kier molecular flexibility index (Phi) is 7.99. The Labute approximate surface area is 186 Å². The van der Waals surface area contributed by atoms with Crippen molar-refractivity contribution in [2.45, 2.75) is 17.9 Å². The zero-order valence-corrected chi connectivity index (χ0v) is 18.9. The van der Waals surface area contributed by atoms with Gasteiger partial charge in [0.2, 0.25) is 10.0 Å². The maximum atomic E-state index is 13.3. The number of hydrogen-bond donors (Lipinski definition) is 4. The number of halogens is 2. The predicted molar refractivity (Wildman–Crippen MR) is 123 cm³/mol. The second-order valence-corrected chi connectivity index (χ2v) is 7.86. The highest BCUT2D eigenvalue weighted by Crippen LogP contribution is 2.19. The van der Waals surface area contributed by atoms with E-state index in [1.54, 1.807) is 25.2 Å². The highest BCUT2D eigenvalue weighted by atomic mass is 127. The molecule has 3 aromatic rings. The molecule has 0 aliphatic carbocycles. The highest BCUT2D eigenvalue weighted by molar-refractivity contribution is 14.0. The fraction of sp³-hybridized carbons (Fsp3) is 0.211. The summed E-state index contributed by atoms with van der Waals surface area (Å²) in [7, 11) is -2.01. The number of nitrogens with zero attached hydrogens (tertiary/aromatic N) is 1. The molecule has 0 radical (unpaired) electrons. The first kappa shape index (κ1) is 23.1. The molecule has 0 atom stereocenters. The topological polar surface area (TPSA) is 112 Å². The van der Waals surface area contributed by atoms with E-state index in [1.165, 1.54) is 24.3 Å². The number of primary sulfonamides is 1. The normalized spacial score (nSPS) is 11.9. The second-order valence-electron chi connectivity index (χ2n) is 6.30. The number of nitrogens with one attached hydrogen (secondary N) is 3. The van der Waals surface area contributed by atoms with E-state index in [9.17, 15) is 12.8 Å². The van der Waals surface area contributed by atoms with Gasteiger partial charge in [-0.05, 0) is 47.9 Å². The number of rotatable bonds is 6. The van der Waals surface area contributed by atoms with E-state index in [-0.39, 0.29) is 34.7 Å². The molecule has 3 rings (SSSR count). The van der Waals surface area contributed by atoms with E-state index in [1.807, 2.05) is 6.20 Å². The molecule has 0 saturated carbocycles. The van der Waals surface area contributed by atoms with Gasteiger partial charge in [0.05, 0.1) is 4.90 Å². The van der Waals surface area contributed by atoms with Crippen molar-refractivity contribution in [3.8, 4) is 0 Å². The van der Waals surface area contributed by atoms with Gasteiger partial charge in [-0.3, -0.25) is 4.99 Å². The lowest BCUT2D eigenvalue weighted by Gasteiger charge is -2.12. The van der Waals surface area contributed by atoms with Crippen molar-refractivity contribution >= 4 is 50.9 Å². The summed E-state index contributed by atoms with van der Waals surface area (Å²) in [4.78, 5) is 7.33. The summed E-state index contributed by atoms with van der Waals surface area (Å²) in [5.74, 6) is 0.363. The number of fused-ring (bicyclic) bond motifs is 1. The number of aliphatic imine (C=N–C) groups is 1.